The fourth-order valence-electron chi connectivity index (χ4n) is 0. The van der Waals surface area contributed by atoms with Gasteiger partial charge in [0.05, 0.1) is 0 Å². The molecule has 0 aliphatic rings. The van der Waals surface area contributed by atoms with Crippen LogP contribution in [0, 0.1) is 0 Å². The fourth-order valence-corrected chi connectivity index (χ4v) is 0. The highest BCUT2D eigenvalue weighted by atomic mass is 31.0. The Labute approximate surface area is 29.5 Å². The van der Waals surface area contributed by atoms with Crippen LogP contribution in [0.1, 0.15) is 0 Å². The van der Waals surface area contributed by atoms with Crippen LogP contribution in [-0.2, 0) is 0 Å². The van der Waals surface area contributed by atoms with Crippen LogP contribution in [0.3, 0.4) is 0 Å². The van der Waals surface area contributed by atoms with E-state index >= 15 is 0 Å². The van der Waals surface area contributed by atoms with E-state index in [1.165, 1.54) is 0 Å². The van der Waals surface area contributed by atoms with Gasteiger partial charge in [-0.15, -0.1) is 0 Å². The van der Waals surface area contributed by atoms with Crippen molar-refractivity contribution < 1.29 is 0 Å². The van der Waals surface area contributed by atoms with Gasteiger partial charge in [-0.2, -0.15) is 0 Å². The van der Waals surface area contributed by atoms with Crippen LogP contribution in [0.25, 0.3) is 0 Å². The van der Waals surface area contributed by atoms with E-state index in [-0.39, 0.29) is 28.4 Å². The molecule has 0 bridgehead atoms. The van der Waals surface area contributed by atoms with Gasteiger partial charge in [-0.25, -0.2) is 0 Å². The molecule has 0 spiro atoms. The second-order valence-corrected chi connectivity index (χ2v) is 0. The summed E-state index contributed by atoms with van der Waals surface area (Å²) in [7, 11) is 0. The molecule has 0 heterocycles. The first-order chi connectivity index (χ1) is 0. The van der Waals surface area contributed by atoms with Crippen LogP contribution in [-0.4, -0.2) is 0 Å². The Balaban J connectivity index is 0. The van der Waals surface area contributed by atoms with Gasteiger partial charge < -0.3 is 28.4 Å². The third kappa shape index (κ3) is 41.3. The van der Waals surface area contributed by atoms with Crippen molar-refractivity contribution in [3.05, 3.63) is 0 Å². The highest BCUT2D eigenvalue weighted by Crippen LogP contribution is 0.861. The lowest BCUT2D eigenvalue weighted by Crippen LogP contribution is -0.482. The molecule has 0 aliphatic carbocycles. The first kappa shape index (κ1) is 491. The van der Waals surface area contributed by atoms with Crippen molar-refractivity contribution in [2.45, 2.75) is 0 Å². The van der Waals surface area contributed by atoms with Crippen molar-refractivity contribution in [1.82, 2.24) is 18.5 Å². The molecule has 0 aromatic rings. The molecule has 0 aliphatic heterocycles. The lowest BCUT2D eigenvalue weighted by atomic mass is 14.0. The quantitative estimate of drug-likeness (QED) is 0.374. The zero-order chi connectivity index (χ0) is 0. The summed E-state index contributed by atoms with van der Waals surface area (Å²) in [5.41, 5.74) is 0. The van der Waals surface area contributed by atoms with Gasteiger partial charge in [-0.3, -0.25) is 0 Å². The van der Waals surface area contributed by atoms with E-state index in [4.69, 9.17) is 0 Å². The van der Waals surface area contributed by atoms with Crippen molar-refractivity contribution in [3.8, 4) is 0 Å². The summed E-state index contributed by atoms with van der Waals surface area (Å²) in [4.78, 5) is 0. The Bertz CT molecular complexity index is 3.25. The SMILES string of the molecule is [NH4+].[NH4+].[NH4+].[P-3]. The molecule has 32 valence electrons. The Morgan fingerprint density at radius 1 is 0.500 bits per heavy atom. The molecule has 0 fully saturated rings. The summed E-state index contributed by atoms with van der Waals surface area (Å²) in [6.07, 6.45) is 0. The van der Waals surface area contributed by atoms with Gasteiger partial charge in [0.25, 0.3) is 0 Å². The van der Waals surface area contributed by atoms with Crippen molar-refractivity contribution in [2.75, 3.05) is 0 Å². The Kier molecular flexibility index (Phi) is 22600. The topological polar surface area (TPSA) is 110 Å². The van der Waals surface area contributed by atoms with Crippen molar-refractivity contribution in [3.63, 3.8) is 0 Å². The fraction of sp³-hybridized carbons (Fsp3) is 0. The van der Waals surface area contributed by atoms with E-state index < -0.39 is 0 Å². The average molecular weight is 85.1 g/mol. The first-order valence-electron chi connectivity index (χ1n) is 0. The maximum Gasteiger partial charge on any atom is -0.369 e. The van der Waals surface area contributed by atoms with Crippen molar-refractivity contribution >= 4 is 9.90 Å². The van der Waals surface area contributed by atoms with E-state index in [0.717, 1.165) is 0 Å². The lowest BCUT2D eigenvalue weighted by Gasteiger charge is -3.00. The van der Waals surface area contributed by atoms with Crippen LogP contribution in [0.2, 0.25) is 0 Å². The molecule has 0 aromatic carbocycles. The maximum atomic E-state index is 0. The number of hydrogen-bond donors (Lipinski definition) is 3. The lowest BCUT2D eigenvalue weighted by molar-refractivity contribution is 2.13. The van der Waals surface area contributed by atoms with Gasteiger partial charge in [0.1, 0.15) is 0 Å². The third-order valence-electron chi connectivity index (χ3n) is 0. The largest absolute Gasteiger partial charge is 3.00 e. The van der Waals surface area contributed by atoms with Crippen molar-refractivity contribution in [2.24, 2.45) is 0 Å². The van der Waals surface area contributed by atoms with E-state index in [0.29, 0.717) is 0 Å². The van der Waals surface area contributed by atoms with Gasteiger partial charge in [0.15, 0.2) is 0 Å². The molecular weight excluding hydrogens is 73.0 g/mol. The molecular formula is H12N3P. The summed E-state index contributed by atoms with van der Waals surface area (Å²) < 4.78 is 0. The molecule has 4 heavy (non-hydrogen) atoms. The average Bonchev–Trinajstić information content (AvgIpc) is 0. The van der Waals surface area contributed by atoms with E-state index in [9.17, 15) is 0 Å². The minimum Gasteiger partial charge on any atom is -3.00 e. The highest BCUT2D eigenvalue weighted by molar-refractivity contribution is 6.92. The van der Waals surface area contributed by atoms with Gasteiger partial charge in [-0.1, -0.05) is 0 Å². The van der Waals surface area contributed by atoms with Gasteiger partial charge in [0, 0.05) is 0 Å². The molecule has 0 amide bonds. The zero-order valence-corrected chi connectivity index (χ0v) is 4.34. The Morgan fingerprint density at radius 2 is 0.500 bits per heavy atom. The minimum atomic E-state index is 0. The van der Waals surface area contributed by atoms with Crippen LogP contribution in [0.4, 0.5) is 0 Å². The number of quaternary nitrogens is 3. The second kappa shape index (κ2) is 184. The van der Waals surface area contributed by atoms with Gasteiger partial charge in [-0.05, 0) is 0 Å². The monoisotopic (exact) mass is 85.1 g/mol. The smallest absolute Gasteiger partial charge is 0.369 e. The van der Waals surface area contributed by atoms with Crippen LogP contribution in [0.5, 0.6) is 0 Å². The highest BCUT2D eigenvalue weighted by Gasteiger charge is -0.367. The zero-order valence-electron chi connectivity index (χ0n) is 3.45. The van der Waals surface area contributed by atoms with Gasteiger partial charge in [0.2, 0.25) is 0 Å². The maximum absolute atomic E-state index is 0. The van der Waals surface area contributed by atoms with Crippen LogP contribution < -0.4 is 18.5 Å². The molecule has 0 aromatic heterocycles. The molecule has 0 unspecified atom stereocenters. The van der Waals surface area contributed by atoms with Gasteiger partial charge >= 0.3 is 0 Å². The molecule has 0 saturated carbocycles. The molecule has 0 saturated heterocycles. The summed E-state index contributed by atoms with van der Waals surface area (Å²) in [5, 5.41) is 0. The molecule has 4 heteroatoms. The third-order valence-corrected chi connectivity index (χ3v) is 0. The summed E-state index contributed by atoms with van der Waals surface area (Å²) in [5.74, 6) is 0. The second-order valence-electron chi connectivity index (χ2n) is 0. The number of hydrogen-bond acceptors (Lipinski definition) is 0. The molecule has 0 radical (unpaired) electrons. The van der Waals surface area contributed by atoms with Crippen molar-refractivity contribution in [1.29, 1.82) is 0 Å². The number of rotatable bonds is 0. The molecule has 0 rings (SSSR count). The standard InChI is InChI=1S/3H3N.P/h3*1H3;/q;;;-3/p+3. The Morgan fingerprint density at radius 3 is 0.500 bits per heavy atom. The summed E-state index contributed by atoms with van der Waals surface area (Å²) >= 11 is 0. The molecule has 3 nitrogen and oxygen atoms in total. The predicted octanol–water partition coefficient (Wildman–Crippen LogP) is 1.99. The Hall–Kier alpha value is 0.310. The normalized spacial score (nSPS) is 0. The summed E-state index contributed by atoms with van der Waals surface area (Å²) in [6.45, 7) is 0. The van der Waals surface area contributed by atoms with E-state index in [2.05, 4.69) is 0 Å². The molecule has 12 N–H and O–H groups in total. The van der Waals surface area contributed by atoms with Crippen LogP contribution in [0.15, 0.2) is 0 Å². The summed E-state index contributed by atoms with van der Waals surface area (Å²) in [6, 6.07) is 0. The minimum absolute atomic E-state index is 0. The predicted molar refractivity (Wildman–Crippen MR) is 24.9 cm³/mol. The van der Waals surface area contributed by atoms with Crippen LogP contribution >= 0.6 is 9.90 Å². The molecule has 0 atom stereocenters. The van der Waals surface area contributed by atoms with E-state index in [1.807, 2.05) is 0 Å². The van der Waals surface area contributed by atoms with E-state index in [1.54, 1.807) is 0 Å². The first-order valence-corrected chi connectivity index (χ1v) is 0.